The predicted molar refractivity (Wildman–Crippen MR) is 155 cm³/mol. The number of fused-ring (bicyclic) bond motifs is 1. The van der Waals surface area contributed by atoms with Gasteiger partial charge in [-0.05, 0) is 79.0 Å². The Morgan fingerprint density at radius 3 is 2.25 bits per heavy atom. The highest BCUT2D eigenvalue weighted by Gasteiger charge is 2.30. The molecule has 3 atom stereocenters. The van der Waals surface area contributed by atoms with Gasteiger partial charge in [-0.1, -0.05) is 31.2 Å². The molecule has 3 aromatic rings. The van der Waals surface area contributed by atoms with Crippen LogP contribution in [0.1, 0.15) is 47.3 Å². The minimum Gasteiger partial charge on any atom is -0.496 e. The lowest BCUT2D eigenvalue weighted by Gasteiger charge is -2.27. The van der Waals surface area contributed by atoms with Crippen LogP contribution in [0, 0.1) is 24.7 Å². The molecule has 0 radical (unpaired) electrons. The summed E-state index contributed by atoms with van der Waals surface area (Å²) in [4.78, 5) is 12.3. The van der Waals surface area contributed by atoms with Crippen molar-refractivity contribution in [2.75, 3.05) is 20.5 Å². The van der Waals surface area contributed by atoms with Crippen LogP contribution in [0.4, 0.5) is 0 Å². The summed E-state index contributed by atoms with van der Waals surface area (Å²) in [7, 11) is -0.372. The van der Waals surface area contributed by atoms with Gasteiger partial charge in [-0.25, -0.2) is 8.42 Å². The number of carbonyl (C=O) groups is 1. The Morgan fingerprint density at radius 1 is 1.10 bits per heavy atom. The molecule has 40 heavy (non-hydrogen) atoms. The number of sulfonamides is 1. The highest BCUT2D eigenvalue weighted by molar-refractivity contribution is 7.89. The van der Waals surface area contributed by atoms with Crippen molar-refractivity contribution in [3.63, 3.8) is 0 Å². The second kappa shape index (κ2) is 12.5. The standard InChI is InChI=1S/C31H40N2O6S/c1-20(31(35)32-40(5,36)37)12-22-10-11-33(18-22)19-27(15-23-13-24-8-6-7-9-25(24)14-23)30(34)26-16-28(38-3)21(2)29(17-26)39-4/h6-11,16-18,20,23,27,30,34H,12-15,19H2,1-5H3,(H,32,35)/t20?,27-,30+/m0/s1. The zero-order valence-electron chi connectivity index (χ0n) is 23.9. The summed E-state index contributed by atoms with van der Waals surface area (Å²) in [5, 5.41) is 11.7. The molecule has 1 aromatic heterocycles. The Hall–Kier alpha value is -3.30. The van der Waals surface area contributed by atoms with Gasteiger partial charge in [0, 0.05) is 36.3 Å². The quantitative estimate of drug-likeness (QED) is 0.339. The van der Waals surface area contributed by atoms with Crippen LogP contribution in [0.25, 0.3) is 0 Å². The summed E-state index contributed by atoms with van der Waals surface area (Å²) in [5.74, 6) is 0.641. The van der Waals surface area contributed by atoms with Crippen LogP contribution in [0.15, 0.2) is 54.9 Å². The first-order valence-electron chi connectivity index (χ1n) is 13.6. The number of methoxy groups -OCH3 is 2. The molecule has 1 aliphatic rings. The summed E-state index contributed by atoms with van der Waals surface area (Å²) in [6.45, 7) is 4.22. The van der Waals surface area contributed by atoms with E-state index in [1.54, 1.807) is 21.1 Å². The molecule has 2 aromatic carbocycles. The molecule has 1 amide bonds. The van der Waals surface area contributed by atoms with E-state index in [9.17, 15) is 18.3 Å². The van der Waals surface area contributed by atoms with Gasteiger partial charge in [0.1, 0.15) is 11.5 Å². The molecule has 1 heterocycles. The maximum absolute atomic E-state index is 12.3. The normalized spacial score (nSPS) is 15.8. The molecule has 0 saturated carbocycles. The van der Waals surface area contributed by atoms with E-state index < -0.39 is 28.0 Å². The number of ether oxygens (including phenoxy) is 2. The van der Waals surface area contributed by atoms with Gasteiger partial charge >= 0.3 is 0 Å². The van der Waals surface area contributed by atoms with E-state index in [1.807, 2.05) is 37.5 Å². The molecular weight excluding hydrogens is 528 g/mol. The SMILES string of the molecule is COc1cc([C@@H](O)[C@@H](CC2Cc3ccccc3C2)Cn2ccc(CC(C)C(=O)NS(C)(=O)=O)c2)cc(OC)c1C. The number of hydrogen-bond acceptors (Lipinski definition) is 6. The summed E-state index contributed by atoms with van der Waals surface area (Å²) in [6, 6.07) is 14.3. The van der Waals surface area contributed by atoms with Crippen LogP contribution in [0.5, 0.6) is 11.5 Å². The number of rotatable bonds is 12. The molecular formula is C31H40N2O6S. The third kappa shape index (κ3) is 7.26. The van der Waals surface area contributed by atoms with Crippen LogP contribution in [-0.2, 0) is 40.6 Å². The van der Waals surface area contributed by atoms with E-state index in [0.29, 0.717) is 30.4 Å². The Morgan fingerprint density at radius 2 is 1.70 bits per heavy atom. The Kier molecular flexibility index (Phi) is 9.26. The first-order chi connectivity index (χ1) is 19.0. The van der Waals surface area contributed by atoms with Gasteiger partial charge in [-0.15, -0.1) is 0 Å². The highest BCUT2D eigenvalue weighted by Crippen LogP contribution is 2.39. The van der Waals surface area contributed by atoms with E-state index >= 15 is 0 Å². The van der Waals surface area contributed by atoms with Crippen LogP contribution in [-0.4, -0.2) is 44.5 Å². The topological polar surface area (TPSA) is 107 Å². The molecule has 9 heteroatoms. The molecule has 1 aliphatic carbocycles. The largest absolute Gasteiger partial charge is 0.496 e. The molecule has 8 nitrogen and oxygen atoms in total. The fourth-order valence-corrected chi connectivity index (χ4v) is 6.39. The van der Waals surface area contributed by atoms with E-state index in [4.69, 9.17) is 9.47 Å². The van der Waals surface area contributed by atoms with Gasteiger partial charge in [0.25, 0.3) is 0 Å². The van der Waals surface area contributed by atoms with Crippen LogP contribution in [0.2, 0.25) is 0 Å². The van der Waals surface area contributed by atoms with Crippen LogP contribution < -0.4 is 14.2 Å². The molecule has 0 saturated heterocycles. The number of aliphatic hydroxyl groups is 1. The number of hydrogen-bond donors (Lipinski definition) is 2. The fraction of sp³-hybridized carbons (Fsp3) is 0.452. The summed E-state index contributed by atoms with van der Waals surface area (Å²) >= 11 is 0. The first kappa shape index (κ1) is 29.7. The molecule has 216 valence electrons. The Labute approximate surface area is 237 Å². The second-order valence-corrected chi connectivity index (χ2v) is 12.8. The number of nitrogens with zero attached hydrogens (tertiary/aromatic N) is 1. The van der Waals surface area contributed by atoms with E-state index in [1.165, 1.54) is 11.1 Å². The number of aromatic nitrogens is 1. The third-order valence-electron chi connectivity index (χ3n) is 7.87. The van der Waals surface area contributed by atoms with Gasteiger partial charge in [0.2, 0.25) is 15.9 Å². The van der Waals surface area contributed by atoms with Crippen molar-refractivity contribution in [3.05, 3.63) is 82.7 Å². The number of amides is 1. The Bertz CT molecular complexity index is 1400. The van der Waals surface area contributed by atoms with E-state index in [0.717, 1.165) is 42.2 Å². The number of benzene rings is 2. The molecule has 4 rings (SSSR count). The lowest BCUT2D eigenvalue weighted by molar-refractivity contribution is -0.122. The zero-order valence-corrected chi connectivity index (χ0v) is 24.7. The Balaban J connectivity index is 1.55. The van der Waals surface area contributed by atoms with Gasteiger partial charge in [-0.2, -0.15) is 0 Å². The van der Waals surface area contributed by atoms with Crippen LogP contribution in [0.3, 0.4) is 0 Å². The molecule has 1 unspecified atom stereocenters. The number of carbonyl (C=O) groups excluding carboxylic acids is 1. The van der Waals surface area contributed by atoms with Crippen molar-refractivity contribution in [2.45, 2.75) is 52.2 Å². The van der Waals surface area contributed by atoms with Gasteiger partial charge < -0.3 is 19.1 Å². The highest BCUT2D eigenvalue weighted by atomic mass is 32.2. The third-order valence-corrected chi connectivity index (χ3v) is 8.44. The average molecular weight is 569 g/mol. The summed E-state index contributed by atoms with van der Waals surface area (Å²) < 4.78 is 38.1. The molecule has 0 spiro atoms. The van der Waals surface area contributed by atoms with Crippen molar-refractivity contribution in [1.29, 1.82) is 0 Å². The molecule has 0 fully saturated rings. The lowest BCUT2D eigenvalue weighted by atomic mass is 9.85. The second-order valence-electron chi connectivity index (χ2n) is 11.1. The minimum atomic E-state index is -3.60. The fourth-order valence-electron chi connectivity index (χ4n) is 5.82. The summed E-state index contributed by atoms with van der Waals surface area (Å²) in [5.41, 5.74) is 5.32. The van der Waals surface area contributed by atoms with Crippen molar-refractivity contribution < 1.29 is 27.8 Å². The zero-order chi connectivity index (χ0) is 29.0. The maximum Gasteiger partial charge on any atom is 0.236 e. The number of aliphatic hydroxyl groups excluding tert-OH is 1. The van der Waals surface area contributed by atoms with Crippen molar-refractivity contribution in [3.8, 4) is 11.5 Å². The van der Waals surface area contributed by atoms with Gasteiger partial charge in [0.05, 0.1) is 26.6 Å². The van der Waals surface area contributed by atoms with Crippen molar-refractivity contribution >= 4 is 15.9 Å². The van der Waals surface area contributed by atoms with Crippen molar-refractivity contribution in [2.24, 2.45) is 17.8 Å². The first-order valence-corrected chi connectivity index (χ1v) is 15.5. The molecule has 0 bridgehead atoms. The maximum atomic E-state index is 12.3. The monoisotopic (exact) mass is 568 g/mol. The summed E-state index contributed by atoms with van der Waals surface area (Å²) in [6.07, 6.45) is 7.37. The van der Waals surface area contributed by atoms with Gasteiger partial charge in [0.15, 0.2) is 0 Å². The van der Waals surface area contributed by atoms with Crippen LogP contribution >= 0.6 is 0 Å². The lowest BCUT2D eigenvalue weighted by Crippen LogP contribution is -2.34. The van der Waals surface area contributed by atoms with Crippen molar-refractivity contribution in [1.82, 2.24) is 9.29 Å². The van der Waals surface area contributed by atoms with Gasteiger partial charge in [-0.3, -0.25) is 9.52 Å². The molecule has 0 aliphatic heterocycles. The predicted octanol–water partition coefficient (Wildman–Crippen LogP) is 4.22. The molecule has 2 N–H and O–H groups in total. The minimum absolute atomic E-state index is 0.0948. The van der Waals surface area contributed by atoms with E-state index in [-0.39, 0.29) is 5.92 Å². The average Bonchev–Trinajstić information content (AvgIpc) is 3.53. The smallest absolute Gasteiger partial charge is 0.236 e. The van der Waals surface area contributed by atoms with E-state index in [2.05, 4.69) is 33.6 Å². The number of nitrogens with one attached hydrogen (secondary N) is 1.